The number of rotatable bonds is 7. The number of nitrogens with one attached hydrogen (secondary N) is 1. The van der Waals surface area contributed by atoms with Crippen molar-refractivity contribution in [3.05, 3.63) is 28.8 Å². The van der Waals surface area contributed by atoms with Gasteiger partial charge in [-0.05, 0) is 12.5 Å². The lowest BCUT2D eigenvalue weighted by molar-refractivity contribution is -0.121. The second-order valence-electron chi connectivity index (χ2n) is 4.83. The monoisotopic (exact) mass is 321 g/mol. The van der Waals surface area contributed by atoms with Crippen LogP contribution in [0, 0.1) is 0 Å². The Morgan fingerprint density at radius 2 is 2.00 bits per heavy atom. The molecule has 1 aromatic carbocycles. The molecule has 2 rings (SSSR count). The number of ether oxygens (including phenoxy) is 2. The van der Waals surface area contributed by atoms with E-state index in [9.17, 15) is 9.59 Å². The maximum Gasteiger partial charge on any atom is 0.261 e. The van der Waals surface area contributed by atoms with Crippen LogP contribution in [0.25, 0.3) is 10.9 Å². The summed E-state index contributed by atoms with van der Waals surface area (Å²) in [4.78, 5) is 28.4. The molecule has 1 aromatic heterocycles. The molecule has 2 aromatic rings. The molecular weight excluding hydrogens is 302 g/mol. The molecule has 8 nitrogen and oxygen atoms in total. The van der Waals surface area contributed by atoms with E-state index in [2.05, 4.69) is 10.3 Å². The van der Waals surface area contributed by atoms with Gasteiger partial charge in [-0.1, -0.05) is 0 Å². The number of hydrogen-bond acceptors (Lipinski definition) is 6. The summed E-state index contributed by atoms with van der Waals surface area (Å²) in [6, 6.07) is 3.16. The number of amides is 1. The molecule has 0 saturated carbocycles. The zero-order valence-corrected chi connectivity index (χ0v) is 13.0. The lowest BCUT2D eigenvalue weighted by Crippen LogP contribution is -2.33. The number of nitrogens with zero attached hydrogens (tertiary/aromatic N) is 2. The van der Waals surface area contributed by atoms with Gasteiger partial charge in [0.25, 0.3) is 5.56 Å². The molecule has 0 aliphatic rings. The summed E-state index contributed by atoms with van der Waals surface area (Å²) in [6.07, 6.45) is 1.79. The lowest BCUT2D eigenvalue weighted by atomic mass is 10.2. The molecule has 0 bridgehead atoms. The summed E-state index contributed by atoms with van der Waals surface area (Å²) in [5.41, 5.74) is 0.123. The highest BCUT2D eigenvalue weighted by molar-refractivity contribution is 5.82. The van der Waals surface area contributed by atoms with E-state index in [1.54, 1.807) is 12.1 Å². The van der Waals surface area contributed by atoms with Crippen molar-refractivity contribution >= 4 is 16.8 Å². The molecule has 0 aliphatic heterocycles. The fourth-order valence-electron chi connectivity index (χ4n) is 2.12. The van der Waals surface area contributed by atoms with Gasteiger partial charge in [-0.3, -0.25) is 14.2 Å². The Morgan fingerprint density at radius 1 is 1.30 bits per heavy atom. The second kappa shape index (κ2) is 7.59. The molecule has 23 heavy (non-hydrogen) atoms. The molecule has 2 N–H and O–H groups in total. The number of fused-ring (bicyclic) bond motifs is 1. The van der Waals surface area contributed by atoms with Crippen LogP contribution < -0.4 is 20.3 Å². The Morgan fingerprint density at radius 3 is 2.65 bits per heavy atom. The Hall–Kier alpha value is -2.61. The number of aromatic nitrogens is 2. The van der Waals surface area contributed by atoms with Crippen molar-refractivity contribution < 1.29 is 19.4 Å². The van der Waals surface area contributed by atoms with Crippen molar-refractivity contribution in [3.63, 3.8) is 0 Å². The summed E-state index contributed by atoms with van der Waals surface area (Å²) in [6.45, 7) is 0.219. The van der Waals surface area contributed by atoms with Gasteiger partial charge >= 0.3 is 0 Å². The molecule has 8 heteroatoms. The van der Waals surface area contributed by atoms with Crippen LogP contribution in [0.3, 0.4) is 0 Å². The first-order valence-electron chi connectivity index (χ1n) is 7.09. The molecule has 1 heterocycles. The van der Waals surface area contributed by atoms with Crippen molar-refractivity contribution in [1.82, 2.24) is 14.9 Å². The summed E-state index contributed by atoms with van der Waals surface area (Å²) in [5.74, 6) is 0.581. The topological polar surface area (TPSA) is 103 Å². The minimum absolute atomic E-state index is 0.000609. The van der Waals surface area contributed by atoms with Gasteiger partial charge in [0.2, 0.25) is 5.91 Å². The van der Waals surface area contributed by atoms with Gasteiger partial charge < -0.3 is 19.9 Å². The summed E-state index contributed by atoms with van der Waals surface area (Å²) in [5, 5.41) is 11.6. The average molecular weight is 321 g/mol. The molecule has 124 valence electrons. The standard InChI is InChI=1S/C15H19N3O5/c1-22-12-6-10-11(7-13(12)23-2)17-9-18(15(10)21)8-14(20)16-4-3-5-19/h6-7,9,19H,3-5,8H2,1-2H3,(H,16,20). The van der Waals surface area contributed by atoms with Crippen LogP contribution in [0.4, 0.5) is 0 Å². The summed E-state index contributed by atoms with van der Waals surface area (Å²) < 4.78 is 11.6. The fourth-order valence-corrected chi connectivity index (χ4v) is 2.12. The predicted octanol–water partition coefficient (Wildman–Crippen LogP) is -0.0877. The Balaban J connectivity index is 2.31. The van der Waals surface area contributed by atoms with Crippen LogP contribution in [0.2, 0.25) is 0 Å². The van der Waals surface area contributed by atoms with E-state index in [-0.39, 0.29) is 24.6 Å². The highest BCUT2D eigenvalue weighted by atomic mass is 16.5. The van der Waals surface area contributed by atoms with Crippen molar-refractivity contribution in [1.29, 1.82) is 0 Å². The highest BCUT2D eigenvalue weighted by Crippen LogP contribution is 2.29. The molecule has 0 fully saturated rings. The highest BCUT2D eigenvalue weighted by Gasteiger charge is 2.12. The molecular formula is C15H19N3O5. The van der Waals surface area contributed by atoms with E-state index < -0.39 is 0 Å². The van der Waals surface area contributed by atoms with Gasteiger partial charge in [-0.15, -0.1) is 0 Å². The predicted molar refractivity (Wildman–Crippen MR) is 83.8 cm³/mol. The zero-order valence-electron chi connectivity index (χ0n) is 13.0. The van der Waals surface area contributed by atoms with E-state index in [0.717, 1.165) is 0 Å². The summed E-state index contributed by atoms with van der Waals surface area (Å²) in [7, 11) is 2.98. The number of hydrogen-bond donors (Lipinski definition) is 2. The van der Waals surface area contributed by atoms with Gasteiger partial charge in [0.15, 0.2) is 11.5 Å². The van der Waals surface area contributed by atoms with Crippen LogP contribution in [0.5, 0.6) is 11.5 Å². The number of benzene rings is 1. The average Bonchev–Trinajstić information content (AvgIpc) is 2.56. The van der Waals surface area contributed by atoms with Crippen LogP contribution >= 0.6 is 0 Å². The number of methoxy groups -OCH3 is 2. The first-order valence-corrected chi connectivity index (χ1v) is 7.09. The Labute approximate surface area is 132 Å². The Kier molecular flexibility index (Phi) is 5.53. The first-order chi connectivity index (χ1) is 11.1. The van der Waals surface area contributed by atoms with Crippen molar-refractivity contribution in [2.75, 3.05) is 27.4 Å². The Bertz CT molecular complexity index is 757. The van der Waals surface area contributed by atoms with E-state index in [4.69, 9.17) is 14.6 Å². The third-order valence-corrected chi connectivity index (χ3v) is 3.30. The second-order valence-corrected chi connectivity index (χ2v) is 4.83. The number of carbonyl (C=O) groups is 1. The van der Waals surface area contributed by atoms with Crippen LogP contribution in [0.15, 0.2) is 23.3 Å². The van der Waals surface area contributed by atoms with Crippen LogP contribution in [0.1, 0.15) is 6.42 Å². The van der Waals surface area contributed by atoms with Crippen molar-refractivity contribution in [2.24, 2.45) is 0 Å². The third-order valence-electron chi connectivity index (χ3n) is 3.30. The van der Waals surface area contributed by atoms with E-state index >= 15 is 0 Å². The molecule has 0 atom stereocenters. The normalized spacial score (nSPS) is 10.6. The lowest BCUT2D eigenvalue weighted by Gasteiger charge is -2.10. The SMILES string of the molecule is COc1cc2ncn(CC(=O)NCCCO)c(=O)c2cc1OC. The van der Waals surface area contributed by atoms with Crippen molar-refractivity contribution in [2.45, 2.75) is 13.0 Å². The van der Waals surface area contributed by atoms with Gasteiger partial charge in [0, 0.05) is 19.2 Å². The van der Waals surface area contributed by atoms with Gasteiger partial charge in [-0.25, -0.2) is 4.98 Å². The minimum Gasteiger partial charge on any atom is -0.493 e. The van der Waals surface area contributed by atoms with E-state index in [1.165, 1.54) is 25.1 Å². The molecule has 0 unspecified atom stereocenters. The van der Waals surface area contributed by atoms with Crippen molar-refractivity contribution in [3.8, 4) is 11.5 Å². The fraction of sp³-hybridized carbons (Fsp3) is 0.400. The smallest absolute Gasteiger partial charge is 0.261 e. The quantitative estimate of drug-likeness (QED) is 0.691. The maximum atomic E-state index is 12.5. The van der Waals surface area contributed by atoms with Crippen LogP contribution in [-0.2, 0) is 11.3 Å². The van der Waals surface area contributed by atoms with Gasteiger partial charge in [0.05, 0.1) is 31.4 Å². The molecule has 0 saturated heterocycles. The van der Waals surface area contributed by atoms with Gasteiger partial charge in [0.1, 0.15) is 6.54 Å². The van der Waals surface area contributed by atoms with E-state index in [1.807, 2.05) is 0 Å². The first kappa shape index (κ1) is 16.8. The molecule has 1 amide bonds. The third kappa shape index (κ3) is 3.78. The number of aliphatic hydroxyl groups excluding tert-OH is 1. The molecule has 0 radical (unpaired) electrons. The summed E-state index contributed by atoms with van der Waals surface area (Å²) >= 11 is 0. The number of carbonyl (C=O) groups excluding carboxylic acids is 1. The molecule has 0 aliphatic carbocycles. The van der Waals surface area contributed by atoms with Crippen LogP contribution in [-0.4, -0.2) is 47.9 Å². The molecule has 0 spiro atoms. The minimum atomic E-state index is -0.340. The van der Waals surface area contributed by atoms with E-state index in [0.29, 0.717) is 35.4 Å². The maximum absolute atomic E-state index is 12.5. The van der Waals surface area contributed by atoms with Gasteiger partial charge in [-0.2, -0.15) is 0 Å². The largest absolute Gasteiger partial charge is 0.493 e. The number of aliphatic hydroxyl groups is 1. The zero-order chi connectivity index (χ0) is 16.8.